The number of benzene rings is 2. The Morgan fingerprint density at radius 2 is 1.74 bits per heavy atom. The molecule has 0 heterocycles. The molecule has 0 aliphatic carbocycles. The Labute approximate surface area is 140 Å². The van der Waals surface area contributed by atoms with E-state index in [1.807, 2.05) is 19.9 Å². The fraction of sp³-hybridized carbons (Fsp3) is 0.222. The van der Waals surface area contributed by atoms with E-state index in [2.05, 4.69) is 5.32 Å². The molecule has 0 aromatic heterocycles. The van der Waals surface area contributed by atoms with Crippen molar-refractivity contribution in [2.75, 3.05) is 0 Å². The highest BCUT2D eigenvalue weighted by atomic mass is 35.5. The smallest absolute Gasteiger partial charge is 0.305 e. The third kappa shape index (κ3) is 4.57. The molecule has 5 heteroatoms. The number of nitrogens with one attached hydrogen (secondary N) is 1. The largest absolute Gasteiger partial charge is 0.481 e. The van der Waals surface area contributed by atoms with E-state index in [-0.39, 0.29) is 12.3 Å². The van der Waals surface area contributed by atoms with Crippen LogP contribution < -0.4 is 5.32 Å². The highest BCUT2D eigenvalue weighted by molar-refractivity contribution is 6.30. The van der Waals surface area contributed by atoms with E-state index < -0.39 is 12.0 Å². The second-order valence-electron chi connectivity index (χ2n) is 5.47. The summed E-state index contributed by atoms with van der Waals surface area (Å²) in [5.74, 6) is -1.28. The zero-order valence-electron chi connectivity index (χ0n) is 13.0. The standard InChI is InChI=1S/C18H18ClNO3/c1-11-3-4-14(9-12(11)2)18(23)20-16(10-17(21)22)13-5-7-15(19)8-6-13/h3-9,16H,10H2,1-2H3,(H,20,23)(H,21,22)/t16-/m1/s1. The molecule has 0 aliphatic rings. The Morgan fingerprint density at radius 1 is 1.09 bits per heavy atom. The normalized spacial score (nSPS) is 11.8. The minimum atomic E-state index is -0.981. The van der Waals surface area contributed by atoms with Gasteiger partial charge in [-0.2, -0.15) is 0 Å². The Morgan fingerprint density at radius 3 is 2.30 bits per heavy atom. The summed E-state index contributed by atoms with van der Waals surface area (Å²) < 4.78 is 0. The number of hydrogen-bond donors (Lipinski definition) is 2. The van der Waals surface area contributed by atoms with Gasteiger partial charge in [-0.15, -0.1) is 0 Å². The van der Waals surface area contributed by atoms with E-state index >= 15 is 0 Å². The van der Waals surface area contributed by atoms with Gasteiger partial charge in [0.1, 0.15) is 0 Å². The molecule has 2 N–H and O–H groups in total. The topological polar surface area (TPSA) is 66.4 Å². The van der Waals surface area contributed by atoms with Crippen molar-refractivity contribution in [2.24, 2.45) is 0 Å². The second kappa shape index (κ2) is 7.29. The van der Waals surface area contributed by atoms with E-state index in [0.29, 0.717) is 16.1 Å². The second-order valence-corrected chi connectivity index (χ2v) is 5.91. The summed E-state index contributed by atoms with van der Waals surface area (Å²) in [5.41, 5.74) is 3.33. The maximum atomic E-state index is 12.4. The molecule has 0 saturated carbocycles. The maximum Gasteiger partial charge on any atom is 0.305 e. The summed E-state index contributed by atoms with van der Waals surface area (Å²) in [6, 6.07) is 11.6. The Bertz CT molecular complexity index is 726. The summed E-state index contributed by atoms with van der Waals surface area (Å²) in [4.78, 5) is 23.5. The van der Waals surface area contributed by atoms with Gasteiger partial charge in [0.05, 0.1) is 12.5 Å². The van der Waals surface area contributed by atoms with Crippen LogP contribution in [0.5, 0.6) is 0 Å². The van der Waals surface area contributed by atoms with Crippen LogP contribution in [0, 0.1) is 13.8 Å². The lowest BCUT2D eigenvalue weighted by Gasteiger charge is -2.18. The summed E-state index contributed by atoms with van der Waals surface area (Å²) in [6.45, 7) is 3.90. The van der Waals surface area contributed by atoms with Crippen LogP contribution in [0.1, 0.15) is 39.5 Å². The molecule has 120 valence electrons. The molecule has 0 unspecified atom stereocenters. The number of carbonyl (C=O) groups is 2. The van der Waals surface area contributed by atoms with Gasteiger partial charge in [0, 0.05) is 10.6 Å². The first-order valence-electron chi connectivity index (χ1n) is 7.22. The van der Waals surface area contributed by atoms with Gasteiger partial charge in [-0.3, -0.25) is 9.59 Å². The predicted octanol–water partition coefficient (Wildman–Crippen LogP) is 3.90. The molecule has 0 spiro atoms. The number of aryl methyl sites for hydroxylation is 2. The molecule has 0 radical (unpaired) electrons. The Balaban J connectivity index is 2.22. The van der Waals surface area contributed by atoms with Gasteiger partial charge in [0.2, 0.25) is 0 Å². The molecule has 1 atom stereocenters. The van der Waals surface area contributed by atoms with Crippen molar-refractivity contribution in [2.45, 2.75) is 26.3 Å². The molecule has 0 fully saturated rings. The molecule has 1 amide bonds. The molecule has 2 aromatic rings. The molecule has 0 aliphatic heterocycles. The maximum absolute atomic E-state index is 12.4. The van der Waals surface area contributed by atoms with Crippen LogP contribution in [-0.4, -0.2) is 17.0 Å². The lowest BCUT2D eigenvalue weighted by molar-refractivity contribution is -0.137. The van der Waals surface area contributed by atoms with Crippen LogP contribution in [-0.2, 0) is 4.79 Å². The monoisotopic (exact) mass is 331 g/mol. The first-order valence-corrected chi connectivity index (χ1v) is 7.60. The van der Waals surface area contributed by atoms with Crippen molar-refractivity contribution in [3.63, 3.8) is 0 Å². The van der Waals surface area contributed by atoms with E-state index in [1.54, 1.807) is 36.4 Å². The Hall–Kier alpha value is -2.33. The lowest BCUT2D eigenvalue weighted by atomic mass is 10.0. The fourth-order valence-electron chi connectivity index (χ4n) is 2.25. The zero-order valence-corrected chi connectivity index (χ0v) is 13.7. The molecule has 2 aromatic carbocycles. The van der Waals surface area contributed by atoms with Gasteiger partial charge in [0.15, 0.2) is 0 Å². The molecule has 4 nitrogen and oxygen atoms in total. The third-order valence-corrected chi connectivity index (χ3v) is 3.98. The number of carboxylic acids is 1. The van der Waals surface area contributed by atoms with Crippen LogP contribution in [0.2, 0.25) is 5.02 Å². The van der Waals surface area contributed by atoms with Crippen LogP contribution in [0.3, 0.4) is 0 Å². The number of carbonyl (C=O) groups excluding carboxylic acids is 1. The predicted molar refractivity (Wildman–Crippen MR) is 89.8 cm³/mol. The first kappa shape index (κ1) is 17.0. The van der Waals surface area contributed by atoms with Crippen LogP contribution in [0.25, 0.3) is 0 Å². The van der Waals surface area contributed by atoms with Crippen LogP contribution >= 0.6 is 11.6 Å². The SMILES string of the molecule is Cc1ccc(C(=O)N[C@H](CC(=O)O)c2ccc(Cl)cc2)cc1C. The number of halogens is 1. The number of hydrogen-bond acceptors (Lipinski definition) is 2. The third-order valence-electron chi connectivity index (χ3n) is 3.73. The molecule has 2 rings (SSSR count). The average molecular weight is 332 g/mol. The van der Waals surface area contributed by atoms with Crippen molar-refractivity contribution >= 4 is 23.5 Å². The minimum absolute atomic E-state index is 0.196. The van der Waals surface area contributed by atoms with Gasteiger partial charge >= 0.3 is 5.97 Å². The summed E-state index contributed by atoms with van der Waals surface area (Å²) >= 11 is 5.85. The molecule has 23 heavy (non-hydrogen) atoms. The van der Waals surface area contributed by atoms with Crippen LogP contribution in [0.4, 0.5) is 0 Å². The van der Waals surface area contributed by atoms with Gasteiger partial charge in [-0.25, -0.2) is 0 Å². The summed E-state index contributed by atoms with van der Waals surface area (Å²) in [6.07, 6.45) is -0.196. The number of amides is 1. The van der Waals surface area contributed by atoms with Crippen molar-refractivity contribution in [1.82, 2.24) is 5.32 Å². The van der Waals surface area contributed by atoms with Gasteiger partial charge < -0.3 is 10.4 Å². The van der Waals surface area contributed by atoms with E-state index in [9.17, 15) is 9.59 Å². The van der Waals surface area contributed by atoms with Crippen molar-refractivity contribution in [1.29, 1.82) is 0 Å². The minimum Gasteiger partial charge on any atom is -0.481 e. The highest BCUT2D eigenvalue weighted by Crippen LogP contribution is 2.20. The number of aliphatic carboxylic acids is 1. The average Bonchev–Trinajstić information content (AvgIpc) is 2.49. The van der Waals surface area contributed by atoms with Gasteiger partial charge in [-0.1, -0.05) is 29.8 Å². The van der Waals surface area contributed by atoms with E-state index in [4.69, 9.17) is 16.7 Å². The van der Waals surface area contributed by atoms with Crippen molar-refractivity contribution in [3.05, 3.63) is 69.7 Å². The van der Waals surface area contributed by atoms with Gasteiger partial charge in [-0.05, 0) is 54.8 Å². The Kier molecular flexibility index (Phi) is 5.40. The molecule has 0 bridgehead atoms. The quantitative estimate of drug-likeness (QED) is 0.873. The summed E-state index contributed by atoms with van der Waals surface area (Å²) in [7, 11) is 0. The fourth-order valence-corrected chi connectivity index (χ4v) is 2.37. The number of rotatable bonds is 5. The number of carboxylic acid groups (broad SMARTS) is 1. The molecule has 0 saturated heterocycles. The van der Waals surface area contributed by atoms with Crippen molar-refractivity contribution < 1.29 is 14.7 Å². The van der Waals surface area contributed by atoms with E-state index in [1.165, 1.54) is 0 Å². The van der Waals surface area contributed by atoms with Crippen molar-refractivity contribution in [3.8, 4) is 0 Å². The zero-order chi connectivity index (χ0) is 17.0. The van der Waals surface area contributed by atoms with Gasteiger partial charge in [0.25, 0.3) is 5.91 Å². The summed E-state index contributed by atoms with van der Waals surface area (Å²) in [5, 5.41) is 12.4. The molecular formula is C18H18ClNO3. The van der Waals surface area contributed by atoms with Crippen LogP contribution in [0.15, 0.2) is 42.5 Å². The van der Waals surface area contributed by atoms with E-state index in [0.717, 1.165) is 11.1 Å². The first-order chi connectivity index (χ1) is 10.9. The molecular weight excluding hydrogens is 314 g/mol. The highest BCUT2D eigenvalue weighted by Gasteiger charge is 2.19. The lowest BCUT2D eigenvalue weighted by Crippen LogP contribution is -2.30.